The summed E-state index contributed by atoms with van der Waals surface area (Å²) in [6, 6.07) is 10.2. The van der Waals surface area contributed by atoms with Crippen LogP contribution in [-0.4, -0.2) is 11.7 Å². The Hall–Kier alpha value is -1.32. The van der Waals surface area contributed by atoms with Crippen LogP contribution in [0.25, 0.3) is 0 Å². The molecule has 1 aliphatic rings. The lowest BCUT2D eigenvalue weighted by Gasteiger charge is -2.23. The highest BCUT2D eigenvalue weighted by molar-refractivity contribution is 7.09. The normalized spacial score (nSPS) is 18.1. The first-order valence-electron chi connectivity index (χ1n) is 6.79. The van der Waals surface area contributed by atoms with Gasteiger partial charge in [0.05, 0.1) is 12.7 Å². The van der Waals surface area contributed by atoms with Crippen molar-refractivity contribution in [1.82, 2.24) is 0 Å². The molecule has 2 nitrogen and oxygen atoms in total. The minimum absolute atomic E-state index is 0.315. The van der Waals surface area contributed by atoms with Crippen molar-refractivity contribution in [1.29, 1.82) is 0 Å². The van der Waals surface area contributed by atoms with Gasteiger partial charge in [-0.2, -0.15) is 0 Å². The number of hydrogen-bond donors (Lipinski definition) is 1. The largest absolute Gasteiger partial charge is 0.493 e. The van der Waals surface area contributed by atoms with Crippen LogP contribution < -0.4 is 4.74 Å². The van der Waals surface area contributed by atoms with Gasteiger partial charge < -0.3 is 9.84 Å². The van der Waals surface area contributed by atoms with Crippen molar-refractivity contribution >= 4 is 11.3 Å². The van der Waals surface area contributed by atoms with Gasteiger partial charge in [-0.25, -0.2) is 0 Å². The molecule has 100 valence electrons. The molecule has 1 unspecified atom stereocenters. The molecule has 1 atom stereocenters. The second kappa shape index (κ2) is 5.76. The van der Waals surface area contributed by atoms with Crippen LogP contribution in [0.4, 0.5) is 0 Å². The molecule has 3 heteroatoms. The van der Waals surface area contributed by atoms with Gasteiger partial charge in [0.15, 0.2) is 0 Å². The summed E-state index contributed by atoms with van der Waals surface area (Å²) in [6.45, 7) is 0.701. The van der Waals surface area contributed by atoms with Crippen molar-refractivity contribution in [3.8, 4) is 5.75 Å². The van der Waals surface area contributed by atoms with Crippen LogP contribution in [0.1, 0.15) is 34.9 Å². The molecule has 0 saturated heterocycles. The number of benzene rings is 1. The van der Waals surface area contributed by atoms with E-state index in [0.717, 1.165) is 37.0 Å². The van der Waals surface area contributed by atoms with Crippen LogP contribution in [0.2, 0.25) is 0 Å². The summed E-state index contributed by atoms with van der Waals surface area (Å²) in [5.74, 6) is 0.952. The smallest absolute Gasteiger partial charge is 0.122 e. The van der Waals surface area contributed by atoms with Crippen LogP contribution in [0.3, 0.4) is 0 Å². The van der Waals surface area contributed by atoms with E-state index >= 15 is 0 Å². The summed E-state index contributed by atoms with van der Waals surface area (Å²) in [5, 5.41) is 12.1. The van der Waals surface area contributed by atoms with Crippen molar-refractivity contribution in [2.75, 3.05) is 6.61 Å². The fourth-order valence-corrected chi connectivity index (χ4v) is 3.33. The van der Waals surface area contributed by atoms with Gasteiger partial charge in [0.2, 0.25) is 0 Å². The molecule has 0 fully saturated rings. The van der Waals surface area contributed by atoms with Crippen molar-refractivity contribution in [3.63, 3.8) is 0 Å². The lowest BCUT2D eigenvalue weighted by Crippen LogP contribution is -2.11. The zero-order chi connectivity index (χ0) is 13.1. The average Bonchev–Trinajstić information content (AvgIpc) is 2.93. The maximum absolute atomic E-state index is 10.0. The Morgan fingerprint density at radius 1 is 1.26 bits per heavy atom. The van der Waals surface area contributed by atoms with Crippen molar-refractivity contribution < 1.29 is 9.84 Å². The number of rotatable bonds is 4. The number of fused-ring (bicyclic) bond motifs is 1. The van der Waals surface area contributed by atoms with E-state index in [-0.39, 0.29) is 6.10 Å². The van der Waals surface area contributed by atoms with Crippen molar-refractivity contribution in [2.24, 2.45) is 0 Å². The Labute approximate surface area is 117 Å². The summed E-state index contributed by atoms with van der Waals surface area (Å²) < 4.78 is 5.92. The Morgan fingerprint density at radius 2 is 2.21 bits per heavy atom. The molecule has 1 aromatic carbocycles. The van der Waals surface area contributed by atoms with Crippen LogP contribution >= 0.6 is 11.3 Å². The summed E-state index contributed by atoms with van der Waals surface area (Å²) in [6.07, 6.45) is 3.56. The van der Waals surface area contributed by atoms with Gasteiger partial charge in [0.1, 0.15) is 5.75 Å². The summed E-state index contributed by atoms with van der Waals surface area (Å²) >= 11 is 1.77. The second-order valence-corrected chi connectivity index (χ2v) is 5.94. The number of aliphatic hydroxyl groups excluding tert-OH is 1. The molecule has 1 heterocycles. The lowest BCUT2D eigenvalue weighted by atomic mass is 9.89. The number of hydrogen-bond acceptors (Lipinski definition) is 3. The molecule has 3 rings (SSSR count). The monoisotopic (exact) mass is 274 g/mol. The molecule has 1 N–H and O–H groups in total. The molecule has 1 aliphatic carbocycles. The third-order valence-electron chi connectivity index (χ3n) is 3.62. The first-order valence-corrected chi connectivity index (χ1v) is 7.67. The van der Waals surface area contributed by atoms with E-state index in [1.54, 1.807) is 11.3 Å². The Morgan fingerprint density at radius 3 is 3.05 bits per heavy atom. The van der Waals surface area contributed by atoms with E-state index in [1.165, 1.54) is 10.4 Å². The van der Waals surface area contributed by atoms with E-state index < -0.39 is 0 Å². The topological polar surface area (TPSA) is 29.5 Å². The van der Waals surface area contributed by atoms with Crippen LogP contribution in [0, 0.1) is 0 Å². The van der Waals surface area contributed by atoms with Gasteiger partial charge in [0.25, 0.3) is 0 Å². The van der Waals surface area contributed by atoms with Crippen molar-refractivity contribution in [3.05, 3.63) is 51.7 Å². The zero-order valence-corrected chi connectivity index (χ0v) is 11.7. The molecule has 0 bridgehead atoms. The minimum Gasteiger partial charge on any atom is -0.493 e. The highest BCUT2D eigenvalue weighted by Crippen LogP contribution is 2.35. The maximum atomic E-state index is 10.0. The molecule has 0 aliphatic heterocycles. The molecular weight excluding hydrogens is 256 g/mol. The number of aliphatic hydroxyl groups is 1. The molecule has 0 amide bonds. The highest BCUT2D eigenvalue weighted by atomic mass is 32.1. The summed E-state index contributed by atoms with van der Waals surface area (Å²) in [4.78, 5) is 1.35. The van der Waals surface area contributed by atoms with Gasteiger partial charge in [-0.1, -0.05) is 18.2 Å². The van der Waals surface area contributed by atoms with E-state index in [1.807, 2.05) is 18.2 Å². The van der Waals surface area contributed by atoms with E-state index in [4.69, 9.17) is 4.74 Å². The number of ether oxygens (including phenoxy) is 1. The predicted molar refractivity (Wildman–Crippen MR) is 77.9 cm³/mol. The minimum atomic E-state index is -0.315. The first kappa shape index (κ1) is 12.7. The van der Waals surface area contributed by atoms with Crippen molar-refractivity contribution in [2.45, 2.75) is 31.8 Å². The second-order valence-electron chi connectivity index (χ2n) is 4.91. The molecule has 2 aromatic rings. The Bertz CT molecular complexity index is 534. The fourth-order valence-electron chi connectivity index (χ4n) is 2.64. The molecule has 19 heavy (non-hydrogen) atoms. The lowest BCUT2D eigenvalue weighted by molar-refractivity contribution is 0.155. The van der Waals surface area contributed by atoms with E-state index in [2.05, 4.69) is 17.5 Å². The molecule has 0 saturated carbocycles. The van der Waals surface area contributed by atoms with Crippen LogP contribution in [0.15, 0.2) is 35.7 Å². The van der Waals surface area contributed by atoms with Gasteiger partial charge in [-0.05, 0) is 47.9 Å². The zero-order valence-electron chi connectivity index (χ0n) is 10.8. The van der Waals surface area contributed by atoms with Crippen LogP contribution in [-0.2, 0) is 12.8 Å². The number of thiophene rings is 1. The highest BCUT2D eigenvalue weighted by Gasteiger charge is 2.20. The average molecular weight is 274 g/mol. The molecular formula is C16H18O2S. The standard InChI is InChI=1S/C16H18O2S/c17-15-7-1-6-14-13(15)5-2-8-16(14)18-10-9-12-4-3-11-19-12/h2-5,8,11,15,17H,1,6-7,9-10H2. The molecule has 0 spiro atoms. The fraction of sp³-hybridized carbons (Fsp3) is 0.375. The third-order valence-corrected chi connectivity index (χ3v) is 4.55. The predicted octanol–water partition coefficient (Wildman–Crippen LogP) is 3.74. The van der Waals surface area contributed by atoms with Gasteiger partial charge >= 0.3 is 0 Å². The molecule has 1 aromatic heterocycles. The van der Waals surface area contributed by atoms with Gasteiger partial charge in [-0.3, -0.25) is 0 Å². The van der Waals surface area contributed by atoms with Gasteiger partial charge in [-0.15, -0.1) is 11.3 Å². The Kier molecular flexibility index (Phi) is 3.85. The summed E-state index contributed by atoms with van der Waals surface area (Å²) in [7, 11) is 0. The quantitative estimate of drug-likeness (QED) is 0.920. The first-order chi connectivity index (χ1) is 9.34. The van der Waals surface area contributed by atoms with E-state index in [0.29, 0.717) is 6.61 Å². The third kappa shape index (κ3) is 2.82. The molecule has 0 radical (unpaired) electrons. The van der Waals surface area contributed by atoms with Crippen LogP contribution in [0.5, 0.6) is 5.75 Å². The SMILES string of the molecule is OC1CCCc2c(OCCc3cccs3)cccc21. The van der Waals surface area contributed by atoms with Gasteiger partial charge in [0, 0.05) is 11.3 Å². The summed E-state index contributed by atoms with van der Waals surface area (Å²) in [5.41, 5.74) is 2.26. The van der Waals surface area contributed by atoms with E-state index in [9.17, 15) is 5.11 Å². The Balaban J connectivity index is 1.69. The maximum Gasteiger partial charge on any atom is 0.122 e.